The van der Waals surface area contributed by atoms with E-state index in [-0.39, 0.29) is 5.82 Å². The molecule has 0 atom stereocenters. The first-order valence-corrected chi connectivity index (χ1v) is 6.34. The number of benzene rings is 1. The average molecular weight is 259 g/mol. The van der Waals surface area contributed by atoms with Crippen LogP contribution in [-0.2, 0) is 6.61 Å². The van der Waals surface area contributed by atoms with Gasteiger partial charge in [0.15, 0.2) is 0 Å². The molecule has 90 valence electrons. The van der Waals surface area contributed by atoms with Crippen LogP contribution in [-0.4, -0.2) is 4.98 Å². The van der Waals surface area contributed by atoms with Crippen molar-refractivity contribution in [3.63, 3.8) is 0 Å². The van der Waals surface area contributed by atoms with Crippen LogP contribution in [0.5, 0.6) is 5.75 Å². The Morgan fingerprint density at radius 1 is 1.22 bits per heavy atom. The molecule has 0 fully saturated rings. The second-order valence-corrected chi connectivity index (χ2v) is 5.04. The van der Waals surface area contributed by atoms with Gasteiger partial charge in [0, 0.05) is 15.8 Å². The Hall–Kier alpha value is -1.94. The fraction of sp³-hybridized carbons (Fsp3) is 0.0714. The first-order chi connectivity index (χ1) is 8.81. The van der Waals surface area contributed by atoms with E-state index in [4.69, 9.17) is 4.74 Å². The Balaban J connectivity index is 1.79. The van der Waals surface area contributed by atoms with Gasteiger partial charge in [-0.15, -0.1) is 11.3 Å². The number of ether oxygens (including phenoxy) is 1. The van der Waals surface area contributed by atoms with Gasteiger partial charge < -0.3 is 4.74 Å². The highest BCUT2D eigenvalue weighted by Gasteiger charge is 2.03. The van der Waals surface area contributed by atoms with Crippen LogP contribution in [0.25, 0.3) is 10.1 Å². The average Bonchev–Trinajstić information content (AvgIpc) is 2.79. The van der Waals surface area contributed by atoms with E-state index in [9.17, 15) is 4.39 Å². The number of halogens is 1. The number of pyridine rings is 1. The molecule has 0 aliphatic rings. The molecule has 0 aliphatic carbocycles. The van der Waals surface area contributed by atoms with Crippen LogP contribution in [0.2, 0.25) is 0 Å². The van der Waals surface area contributed by atoms with Gasteiger partial charge in [-0.1, -0.05) is 0 Å². The normalized spacial score (nSPS) is 10.7. The molecule has 0 spiro atoms. The summed E-state index contributed by atoms with van der Waals surface area (Å²) in [7, 11) is 0. The lowest BCUT2D eigenvalue weighted by Gasteiger charge is -2.02. The summed E-state index contributed by atoms with van der Waals surface area (Å²) in [5.74, 6) is 0.529. The van der Waals surface area contributed by atoms with Gasteiger partial charge in [0.25, 0.3) is 0 Å². The van der Waals surface area contributed by atoms with Gasteiger partial charge in [-0.25, -0.2) is 4.39 Å². The first-order valence-electron chi connectivity index (χ1n) is 5.52. The van der Waals surface area contributed by atoms with Gasteiger partial charge in [-0.2, -0.15) is 0 Å². The predicted octanol–water partition coefficient (Wildman–Crippen LogP) is 4.01. The summed E-state index contributed by atoms with van der Waals surface area (Å²) in [4.78, 5) is 5.05. The lowest BCUT2D eigenvalue weighted by Crippen LogP contribution is -1.92. The zero-order valence-electron chi connectivity index (χ0n) is 9.47. The van der Waals surface area contributed by atoms with E-state index in [1.54, 1.807) is 35.9 Å². The van der Waals surface area contributed by atoms with Crippen molar-refractivity contribution in [2.24, 2.45) is 0 Å². The molecule has 0 saturated carbocycles. The molecule has 0 saturated heterocycles. The van der Waals surface area contributed by atoms with Crippen LogP contribution < -0.4 is 4.74 Å². The standard InChI is InChI=1S/C14H10FNOS/c15-11-3-4-14-10(6-11)7-13(18-14)9-17-12-2-1-5-16-8-12/h1-8H,9H2. The molecule has 0 amide bonds. The number of nitrogens with zero attached hydrogens (tertiary/aromatic N) is 1. The van der Waals surface area contributed by atoms with Crippen molar-refractivity contribution in [1.29, 1.82) is 0 Å². The van der Waals surface area contributed by atoms with E-state index in [0.29, 0.717) is 6.61 Å². The Morgan fingerprint density at radius 2 is 2.17 bits per heavy atom. The molecule has 0 aliphatic heterocycles. The van der Waals surface area contributed by atoms with Crippen LogP contribution in [0.4, 0.5) is 4.39 Å². The van der Waals surface area contributed by atoms with Crippen LogP contribution >= 0.6 is 11.3 Å². The maximum Gasteiger partial charge on any atom is 0.138 e. The van der Waals surface area contributed by atoms with Gasteiger partial charge in [0.05, 0.1) is 6.20 Å². The lowest BCUT2D eigenvalue weighted by atomic mass is 10.2. The van der Waals surface area contributed by atoms with Crippen LogP contribution in [0.1, 0.15) is 4.88 Å². The number of fused-ring (bicyclic) bond motifs is 1. The van der Waals surface area contributed by atoms with Crippen molar-refractivity contribution >= 4 is 21.4 Å². The third kappa shape index (κ3) is 2.33. The Morgan fingerprint density at radius 3 is 3.00 bits per heavy atom. The fourth-order valence-corrected chi connectivity index (χ4v) is 2.69. The zero-order valence-corrected chi connectivity index (χ0v) is 10.3. The smallest absolute Gasteiger partial charge is 0.138 e. The predicted molar refractivity (Wildman–Crippen MR) is 70.4 cm³/mol. The summed E-state index contributed by atoms with van der Waals surface area (Å²) < 4.78 is 19.7. The second kappa shape index (κ2) is 4.74. The van der Waals surface area contributed by atoms with Crippen LogP contribution in [0, 0.1) is 5.82 Å². The monoisotopic (exact) mass is 259 g/mol. The van der Waals surface area contributed by atoms with E-state index in [1.165, 1.54) is 6.07 Å². The third-order valence-electron chi connectivity index (χ3n) is 2.54. The summed E-state index contributed by atoms with van der Waals surface area (Å²) >= 11 is 1.61. The van der Waals surface area contributed by atoms with Crippen molar-refractivity contribution in [3.05, 3.63) is 59.5 Å². The van der Waals surface area contributed by atoms with E-state index >= 15 is 0 Å². The van der Waals surface area contributed by atoms with Gasteiger partial charge in [0.1, 0.15) is 18.2 Å². The Bertz CT molecular complexity index is 666. The van der Waals surface area contributed by atoms with Crippen molar-refractivity contribution in [2.45, 2.75) is 6.61 Å². The second-order valence-electron chi connectivity index (χ2n) is 3.87. The van der Waals surface area contributed by atoms with E-state index in [1.807, 2.05) is 18.2 Å². The first kappa shape index (κ1) is 11.2. The van der Waals surface area contributed by atoms with E-state index in [2.05, 4.69) is 4.98 Å². The lowest BCUT2D eigenvalue weighted by molar-refractivity contribution is 0.308. The van der Waals surface area contributed by atoms with Crippen molar-refractivity contribution < 1.29 is 9.13 Å². The largest absolute Gasteiger partial charge is 0.486 e. The minimum atomic E-state index is -0.208. The molecule has 0 bridgehead atoms. The quantitative estimate of drug-likeness (QED) is 0.709. The maximum absolute atomic E-state index is 13.1. The molecular weight excluding hydrogens is 249 g/mol. The van der Waals surface area contributed by atoms with E-state index < -0.39 is 0 Å². The summed E-state index contributed by atoms with van der Waals surface area (Å²) in [5, 5.41) is 0.921. The molecule has 4 heteroatoms. The molecule has 2 nitrogen and oxygen atoms in total. The third-order valence-corrected chi connectivity index (χ3v) is 3.63. The highest BCUT2D eigenvalue weighted by atomic mass is 32.1. The molecule has 3 aromatic rings. The fourth-order valence-electron chi connectivity index (χ4n) is 1.73. The van der Waals surface area contributed by atoms with Gasteiger partial charge in [-0.3, -0.25) is 4.98 Å². The summed E-state index contributed by atoms with van der Waals surface area (Å²) in [6.07, 6.45) is 3.38. The van der Waals surface area contributed by atoms with Gasteiger partial charge >= 0.3 is 0 Å². The highest BCUT2D eigenvalue weighted by molar-refractivity contribution is 7.19. The minimum Gasteiger partial charge on any atom is -0.486 e. The highest BCUT2D eigenvalue weighted by Crippen LogP contribution is 2.27. The van der Waals surface area contributed by atoms with Crippen LogP contribution in [0.3, 0.4) is 0 Å². The van der Waals surface area contributed by atoms with Gasteiger partial charge in [0.2, 0.25) is 0 Å². The Labute approximate surface area is 108 Å². The molecule has 0 unspecified atom stereocenters. The number of hydrogen-bond acceptors (Lipinski definition) is 3. The number of thiophene rings is 1. The number of aromatic nitrogens is 1. The zero-order chi connectivity index (χ0) is 12.4. The van der Waals surface area contributed by atoms with Crippen molar-refractivity contribution in [2.75, 3.05) is 0 Å². The summed E-state index contributed by atoms with van der Waals surface area (Å²) in [6, 6.07) is 10.5. The maximum atomic E-state index is 13.1. The van der Waals surface area contributed by atoms with Crippen molar-refractivity contribution in [1.82, 2.24) is 4.98 Å². The SMILES string of the molecule is Fc1ccc2sc(COc3cccnc3)cc2c1. The topological polar surface area (TPSA) is 22.1 Å². The molecule has 3 rings (SSSR count). The molecule has 1 aromatic carbocycles. The molecular formula is C14H10FNOS. The number of hydrogen-bond donors (Lipinski definition) is 0. The summed E-state index contributed by atoms with van der Waals surface area (Å²) in [6.45, 7) is 0.479. The molecule has 2 heterocycles. The van der Waals surface area contributed by atoms with Crippen molar-refractivity contribution in [3.8, 4) is 5.75 Å². The minimum absolute atomic E-state index is 0.208. The molecule has 0 N–H and O–H groups in total. The van der Waals surface area contributed by atoms with Crippen LogP contribution in [0.15, 0.2) is 48.8 Å². The molecule has 18 heavy (non-hydrogen) atoms. The molecule has 0 radical (unpaired) electrons. The molecule has 2 aromatic heterocycles. The Kier molecular flexibility index (Phi) is 2.94. The number of rotatable bonds is 3. The van der Waals surface area contributed by atoms with Gasteiger partial charge in [-0.05, 0) is 41.8 Å². The van der Waals surface area contributed by atoms with E-state index in [0.717, 1.165) is 20.7 Å². The summed E-state index contributed by atoms with van der Waals surface area (Å²) in [5.41, 5.74) is 0.